The molecule has 2 aliphatic heterocycles. The molecule has 0 spiro atoms. The molecule has 0 N–H and O–H groups in total. The van der Waals surface area contributed by atoms with Crippen LogP contribution < -0.4 is 0 Å². The van der Waals surface area contributed by atoms with Gasteiger partial charge >= 0.3 is 0 Å². The lowest BCUT2D eigenvalue weighted by Gasteiger charge is -2.34. The number of amides is 1. The van der Waals surface area contributed by atoms with Crippen molar-refractivity contribution in [2.24, 2.45) is 0 Å². The number of sulfone groups is 1. The Morgan fingerprint density at radius 3 is 2.48 bits per heavy atom. The summed E-state index contributed by atoms with van der Waals surface area (Å²) >= 11 is 0. The summed E-state index contributed by atoms with van der Waals surface area (Å²) < 4.78 is 26.0. The first-order valence-corrected chi connectivity index (χ1v) is 13.4. The molecular weight excluding hydrogens is 438 g/mol. The zero-order valence-electron chi connectivity index (χ0n) is 19.1. The molecule has 9 heteroatoms. The zero-order chi connectivity index (χ0) is 23.2. The Bertz CT molecular complexity index is 1290. The first kappa shape index (κ1) is 22.0. The minimum Gasteiger partial charge on any atom is -0.336 e. The Hall–Kier alpha value is -2.78. The number of aromatic nitrogens is 3. The van der Waals surface area contributed by atoms with E-state index in [0.717, 1.165) is 30.6 Å². The quantitative estimate of drug-likeness (QED) is 0.586. The monoisotopic (exact) mass is 467 g/mol. The van der Waals surface area contributed by atoms with Gasteiger partial charge in [-0.05, 0) is 26.0 Å². The fourth-order valence-corrected chi connectivity index (χ4v) is 6.59. The van der Waals surface area contributed by atoms with Crippen LogP contribution in [-0.4, -0.2) is 83.1 Å². The predicted molar refractivity (Wildman–Crippen MR) is 128 cm³/mol. The summed E-state index contributed by atoms with van der Waals surface area (Å²) in [5.41, 5.74) is 3.49. The van der Waals surface area contributed by atoms with E-state index >= 15 is 0 Å². The van der Waals surface area contributed by atoms with Crippen molar-refractivity contribution in [1.82, 2.24) is 24.6 Å². The molecule has 2 aromatic heterocycles. The van der Waals surface area contributed by atoms with Crippen LogP contribution >= 0.6 is 0 Å². The van der Waals surface area contributed by atoms with Crippen molar-refractivity contribution in [3.05, 3.63) is 47.7 Å². The van der Waals surface area contributed by atoms with E-state index in [2.05, 4.69) is 11.8 Å². The smallest absolute Gasteiger partial charge is 0.254 e. The van der Waals surface area contributed by atoms with E-state index in [9.17, 15) is 13.2 Å². The summed E-state index contributed by atoms with van der Waals surface area (Å²) in [6, 6.07) is 11.4. The van der Waals surface area contributed by atoms with Crippen molar-refractivity contribution in [2.75, 3.05) is 44.2 Å². The minimum atomic E-state index is -3.09. The number of pyridine rings is 1. The molecule has 2 fully saturated rings. The maximum atomic E-state index is 13.7. The molecule has 33 heavy (non-hydrogen) atoms. The van der Waals surface area contributed by atoms with Crippen molar-refractivity contribution >= 4 is 26.8 Å². The van der Waals surface area contributed by atoms with Gasteiger partial charge in [0.2, 0.25) is 0 Å². The van der Waals surface area contributed by atoms with Crippen LogP contribution in [0.4, 0.5) is 0 Å². The first-order valence-electron chi connectivity index (χ1n) is 11.5. The summed E-state index contributed by atoms with van der Waals surface area (Å²) in [6.07, 6.45) is 0.512. The van der Waals surface area contributed by atoms with Crippen molar-refractivity contribution in [2.45, 2.75) is 26.3 Å². The maximum absolute atomic E-state index is 13.7. The average Bonchev–Trinajstić information content (AvgIpc) is 3.37. The van der Waals surface area contributed by atoms with E-state index in [0.29, 0.717) is 42.1 Å². The summed E-state index contributed by atoms with van der Waals surface area (Å²) in [6.45, 7) is 8.08. The molecule has 1 aromatic carbocycles. The molecular formula is C24H29N5O3S. The molecule has 0 radical (unpaired) electrons. The molecule has 174 valence electrons. The number of fused-ring (bicyclic) bond motifs is 1. The molecule has 1 atom stereocenters. The van der Waals surface area contributed by atoms with Gasteiger partial charge in [-0.3, -0.25) is 4.79 Å². The lowest BCUT2D eigenvalue weighted by molar-refractivity contribution is 0.0645. The summed E-state index contributed by atoms with van der Waals surface area (Å²) in [5.74, 6) is 0.198. The number of benzene rings is 1. The van der Waals surface area contributed by atoms with Crippen LogP contribution in [0, 0.1) is 6.92 Å². The first-order chi connectivity index (χ1) is 15.9. The van der Waals surface area contributed by atoms with Gasteiger partial charge in [-0.2, -0.15) is 5.10 Å². The van der Waals surface area contributed by atoms with E-state index in [1.165, 1.54) is 0 Å². The van der Waals surface area contributed by atoms with E-state index in [1.807, 2.05) is 48.2 Å². The Morgan fingerprint density at radius 1 is 1.12 bits per heavy atom. The SMILES string of the molecule is CCN1CCN(C(=O)c2cc(-c3ccccc3)nc3c2c(C)nn3[C@@H]2CCS(=O)(=O)C2)CC1. The number of piperazine rings is 1. The summed E-state index contributed by atoms with van der Waals surface area (Å²) in [4.78, 5) is 22.9. The van der Waals surface area contributed by atoms with Crippen molar-refractivity contribution in [1.29, 1.82) is 0 Å². The van der Waals surface area contributed by atoms with E-state index < -0.39 is 9.84 Å². The van der Waals surface area contributed by atoms with Gasteiger partial charge in [0.1, 0.15) is 0 Å². The molecule has 4 heterocycles. The molecule has 0 saturated carbocycles. The Labute approximate surface area is 194 Å². The van der Waals surface area contributed by atoms with Crippen molar-refractivity contribution < 1.29 is 13.2 Å². The number of hydrogen-bond donors (Lipinski definition) is 0. The lowest BCUT2D eigenvalue weighted by Crippen LogP contribution is -2.48. The van der Waals surface area contributed by atoms with E-state index in [4.69, 9.17) is 10.1 Å². The molecule has 2 saturated heterocycles. The molecule has 0 bridgehead atoms. The number of carbonyl (C=O) groups is 1. The number of hydrogen-bond acceptors (Lipinski definition) is 6. The third-order valence-electron chi connectivity index (χ3n) is 6.80. The average molecular weight is 468 g/mol. The molecule has 0 aliphatic carbocycles. The van der Waals surface area contributed by atoms with Gasteiger partial charge in [0.15, 0.2) is 15.5 Å². The highest BCUT2D eigenvalue weighted by atomic mass is 32.2. The predicted octanol–water partition coefficient (Wildman–Crippen LogP) is 2.54. The van der Waals surface area contributed by atoms with Gasteiger partial charge in [-0.25, -0.2) is 18.1 Å². The maximum Gasteiger partial charge on any atom is 0.254 e. The fraction of sp³-hybridized carbons (Fsp3) is 0.458. The van der Waals surface area contributed by atoms with Crippen LogP contribution in [0.2, 0.25) is 0 Å². The van der Waals surface area contributed by atoms with Crippen LogP contribution in [0.3, 0.4) is 0 Å². The molecule has 5 rings (SSSR count). The van der Waals surface area contributed by atoms with Gasteiger partial charge in [0.05, 0.1) is 39.9 Å². The lowest BCUT2D eigenvalue weighted by atomic mass is 10.0. The largest absolute Gasteiger partial charge is 0.336 e. The highest BCUT2D eigenvalue weighted by molar-refractivity contribution is 7.91. The van der Waals surface area contributed by atoms with Crippen molar-refractivity contribution in [3.8, 4) is 11.3 Å². The van der Waals surface area contributed by atoms with E-state index in [1.54, 1.807) is 4.68 Å². The summed E-state index contributed by atoms with van der Waals surface area (Å²) in [5, 5.41) is 5.42. The van der Waals surface area contributed by atoms with E-state index in [-0.39, 0.29) is 23.5 Å². The van der Waals surface area contributed by atoms with Crippen LogP contribution in [0.15, 0.2) is 36.4 Å². The Balaban J connectivity index is 1.64. The summed E-state index contributed by atoms with van der Waals surface area (Å²) in [7, 11) is -3.09. The number of likely N-dealkylation sites (N-methyl/N-ethyl adjacent to an activating group) is 1. The second-order valence-corrected chi connectivity index (χ2v) is 11.2. The van der Waals surface area contributed by atoms with Crippen LogP contribution in [-0.2, 0) is 9.84 Å². The van der Waals surface area contributed by atoms with Gasteiger partial charge in [0, 0.05) is 31.7 Å². The van der Waals surface area contributed by atoms with Crippen LogP contribution in [0.5, 0.6) is 0 Å². The second kappa shape index (κ2) is 8.53. The van der Waals surface area contributed by atoms with Crippen LogP contribution in [0.25, 0.3) is 22.3 Å². The number of rotatable bonds is 4. The second-order valence-electron chi connectivity index (χ2n) is 8.93. The third kappa shape index (κ3) is 4.15. The topological polar surface area (TPSA) is 88.4 Å². The number of nitrogens with zero attached hydrogens (tertiary/aromatic N) is 5. The highest BCUT2D eigenvalue weighted by Crippen LogP contribution is 2.32. The highest BCUT2D eigenvalue weighted by Gasteiger charge is 2.33. The van der Waals surface area contributed by atoms with Gasteiger partial charge in [-0.15, -0.1) is 0 Å². The third-order valence-corrected chi connectivity index (χ3v) is 8.55. The van der Waals surface area contributed by atoms with Gasteiger partial charge in [0.25, 0.3) is 5.91 Å². The molecule has 8 nitrogen and oxygen atoms in total. The fourth-order valence-electron chi connectivity index (χ4n) is 4.90. The van der Waals surface area contributed by atoms with Crippen LogP contribution in [0.1, 0.15) is 35.4 Å². The Kier molecular flexibility index (Phi) is 5.70. The zero-order valence-corrected chi connectivity index (χ0v) is 19.9. The van der Waals surface area contributed by atoms with Gasteiger partial charge < -0.3 is 9.80 Å². The van der Waals surface area contributed by atoms with Crippen molar-refractivity contribution in [3.63, 3.8) is 0 Å². The number of carbonyl (C=O) groups excluding carboxylic acids is 1. The minimum absolute atomic E-state index is 0.0166. The molecule has 3 aromatic rings. The molecule has 0 unspecified atom stereocenters. The standard InChI is InChI=1S/C24H29N5O3S/c1-3-27-10-12-28(13-11-27)24(30)20-15-21(18-7-5-4-6-8-18)25-23-22(20)17(2)26-29(23)19-9-14-33(31,32)16-19/h4-8,15,19H,3,9-14,16H2,1-2H3/t19-/m1/s1. The molecule has 2 aliphatic rings. The normalized spacial score (nSPS) is 21.0. The van der Waals surface area contributed by atoms with Gasteiger partial charge in [-0.1, -0.05) is 37.3 Å². The Morgan fingerprint density at radius 2 is 1.85 bits per heavy atom. The molecule has 1 amide bonds. The number of aryl methyl sites for hydroxylation is 1.